The topological polar surface area (TPSA) is 50.2 Å². The molecule has 1 N–H and O–H groups in total. The molecule has 0 atom stereocenters. The molecule has 1 saturated heterocycles. The Labute approximate surface area is 156 Å². The van der Waals surface area contributed by atoms with Crippen LogP contribution in [0.25, 0.3) is 5.69 Å². The number of amides is 1. The molecule has 5 nitrogen and oxygen atoms in total. The number of carbonyl (C=O) groups excluding carboxylic acids is 1. The third-order valence-corrected chi connectivity index (χ3v) is 5.20. The highest BCUT2D eigenvalue weighted by Crippen LogP contribution is 2.18. The summed E-state index contributed by atoms with van der Waals surface area (Å²) < 4.78 is 1.92. The molecule has 0 bridgehead atoms. The summed E-state index contributed by atoms with van der Waals surface area (Å²) in [6.45, 7) is 8.28. The maximum atomic E-state index is 12.4. The van der Waals surface area contributed by atoms with Crippen LogP contribution >= 0.6 is 0 Å². The first-order valence-electron chi connectivity index (χ1n) is 9.74. The highest BCUT2D eigenvalue weighted by atomic mass is 16.1. The van der Waals surface area contributed by atoms with E-state index in [1.165, 1.54) is 32.4 Å². The molecule has 1 aliphatic heterocycles. The monoisotopic (exact) mass is 354 g/mol. The molecule has 0 radical (unpaired) electrons. The van der Waals surface area contributed by atoms with Crippen LogP contribution in [0, 0.1) is 13.8 Å². The minimum Gasteiger partial charge on any atom is -0.356 e. The zero-order chi connectivity index (χ0) is 18.4. The second kappa shape index (κ2) is 8.99. The molecule has 1 fully saturated rings. The van der Waals surface area contributed by atoms with Crippen LogP contribution < -0.4 is 5.32 Å². The van der Waals surface area contributed by atoms with Gasteiger partial charge in [-0.05, 0) is 64.9 Å². The summed E-state index contributed by atoms with van der Waals surface area (Å²) in [7, 11) is 0. The number of rotatable bonds is 7. The zero-order valence-electron chi connectivity index (χ0n) is 16.0. The number of likely N-dealkylation sites (tertiary alicyclic amines) is 1. The largest absolute Gasteiger partial charge is 0.356 e. The zero-order valence-corrected chi connectivity index (χ0v) is 16.0. The molecule has 5 heteroatoms. The van der Waals surface area contributed by atoms with Crippen molar-refractivity contribution in [1.29, 1.82) is 0 Å². The van der Waals surface area contributed by atoms with Crippen molar-refractivity contribution in [3.63, 3.8) is 0 Å². The molecule has 1 aromatic heterocycles. The normalized spacial score (nSPS) is 15.2. The Bertz CT molecular complexity index is 717. The van der Waals surface area contributed by atoms with Crippen LogP contribution in [-0.4, -0.2) is 46.8 Å². The number of benzene rings is 1. The Morgan fingerprint density at radius 2 is 1.85 bits per heavy atom. The number of carbonyl (C=O) groups is 1. The molecule has 1 amide bonds. The molecule has 1 aromatic carbocycles. The van der Waals surface area contributed by atoms with E-state index in [1.807, 2.05) is 48.9 Å². The van der Waals surface area contributed by atoms with E-state index in [-0.39, 0.29) is 5.91 Å². The predicted molar refractivity (Wildman–Crippen MR) is 105 cm³/mol. The van der Waals surface area contributed by atoms with E-state index in [4.69, 9.17) is 0 Å². The summed E-state index contributed by atoms with van der Waals surface area (Å²) >= 11 is 0. The number of nitrogens with zero attached hydrogens (tertiary/aromatic N) is 3. The molecule has 1 aliphatic rings. The van der Waals surface area contributed by atoms with Crippen LogP contribution in [0.4, 0.5) is 0 Å². The summed E-state index contributed by atoms with van der Waals surface area (Å²) in [4.78, 5) is 14.9. The molecule has 0 saturated carbocycles. The van der Waals surface area contributed by atoms with Crippen molar-refractivity contribution in [1.82, 2.24) is 20.0 Å². The van der Waals surface area contributed by atoms with Gasteiger partial charge in [0, 0.05) is 17.8 Å². The highest BCUT2D eigenvalue weighted by Gasteiger charge is 2.16. The van der Waals surface area contributed by atoms with Gasteiger partial charge in [0.25, 0.3) is 0 Å². The predicted octanol–water partition coefficient (Wildman–Crippen LogP) is 3.02. The van der Waals surface area contributed by atoms with Gasteiger partial charge in [-0.2, -0.15) is 5.10 Å². The van der Waals surface area contributed by atoms with Crippen molar-refractivity contribution in [3.8, 4) is 5.69 Å². The quantitative estimate of drug-likeness (QED) is 0.778. The molecule has 140 valence electrons. The Morgan fingerprint density at radius 3 is 2.58 bits per heavy atom. The van der Waals surface area contributed by atoms with Crippen molar-refractivity contribution in [2.45, 2.75) is 46.0 Å². The van der Waals surface area contributed by atoms with Gasteiger partial charge < -0.3 is 10.2 Å². The lowest BCUT2D eigenvalue weighted by Gasteiger charge is -2.26. The van der Waals surface area contributed by atoms with Gasteiger partial charge in [-0.3, -0.25) is 4.79 Å². The van der Waals surface area contributed by atoms with E-state index in [1.54, 1.807) is 0 Å². The minimum atomic E-state index is 0.0856. The first kappa shape index (κ1) is 18.6. The number of aromatic nitrogens is 2. The van der Waals surface area contributed by atoms with E-state index in [2.05, 4.69) is 15.3 Å². The summed E-state index contributed by atoms with van der Waals surface area (Å²) in [5, 5.41) is 7.69. The fourth-order valence-electron chi connectivity index (χ4n) is 3.69. The second-order valence-corrected chi connectivity index (χ2v) is 7.18. The lowest BCUT2D eigenvalue weighted by atomic mass is 10.1. The summed E-state index contributed by atoms with van der Waals surface area (Å²) in [5.74, 6) is 0.0856. The van der Waals surface area contributed by atoms with Crippen LogP contribution in [0.5, 0.6) is 0 Å². The Kier molecular flexibility index (Phi) is 6.45. The van der Waals surface area contributed by atoms with Crippen LogP contribution in [0.1, 0.15) is 42.6 Å². The van der Waals surface area contributed by atoms with Crippen molar-refractivity contribution >= 4 is 5.91 Å². The van der Waals surface area contributed by atoms with Gasteiger partial charge in [0.05, 0.1) is 17.8 Å². The van der Waals surface area contributed by atoms with Crippen molar-refractivity contribution < 1.29 is 4.79 Å². The van der Waals surface area contributed by atoms with Crippen molar-refractivity contribution in [2.24, 2.45) is 0 Å². The first-order valence-corrected chi connectivity index (χ1v) is 9.74. The SMILES string of the molecule is Cc1nn(-c2ccccc2)c(C)c1CC(=O)NCCCN1CCCCC1. The average molecular weight is 354 g/mol. The van der Waals surface area contributed by atoms with E-state index in [0.717, 1.165) is 42.1 Å². The minimum absolute atomic E-state index is 0.0856. The van der Waals surface area contributed by atoms with Crippen LogP contribution in [-0.2, 0) is 11.2 Å². The van der Waals surface area contributed by atoms with E-state index >= 15 is 0 Å². The molecular formula is C21H30N4O. The molecule has 0 aliphatic carbocycles. The van der Waals surface area contributed by atoms with E-state index in [9.17, 15) is 4.79 Å². The third-order valence-electron chi connectivity index (χ3n) is 5.20. The fraction of sp³-hybridized carbons (Fsp3) is 0.524. The van der Waals surface area contributed by atoms with E-state index in [0.29, 0.717) is 6.42 Å². The van der Waals surface area contributed by atoms with Gasteiger partial charge in [-0.15, -0.1) is 0 Å². The number of hydrogen-bond donors (Lipinski definition) is 1. The summed E-state index contributed by atoms with van der Waals surface area (Å²) in [6.07, 6.45) is 5.41. The lowest BCUT2D eigenvalue weighted by molar-refractivity contribution is -0.120. The van der Waals surface area contributed by atoms with Gasteiger partial charge in [0.15, 0.2) is 0 Å². The van der Waals surface area contributed by atoms with Gasteiger partial charge in [-0.25, -0.2) is 4.68 Å². The number of hydrogen-bond acceptors (Lipinski definition) is 3. The van der Waals surface area contributed by atoms with Crippen LogP contribution in [0.2, 0.25) is 0 Å². The van der Waals surface area contributed by atoms with Gasteiger partial charge in [-0.1, -0.05) is 24.6 Å². The third kappa shape index (κ3) is 4.73. The van der Waals surface area contributed by atoms with Crippen molar-refractivity contribution in [3.05, 3.63) is 47.3 Å². The van der Waals surface area contributed by atoms with Crippen LogP contribution in [0.3, 0.4) is 0 Å². The summed E-state index contributed by atoms with van der Waals surface area (Å²) in [6, 6.07) is 10.1. The maximum Gasteiger partial charge on any atom is 0.224 e. The molecule has 26 heavy (non-hydrogen) atoms. The number of nitrogens with one attached hydrogen (secondary N) is 1. The molecule has 2 heterocycles. The van der Waals surface area contributed by atoms with Crippen molar-refractivity contribution in [2.75, 3.05) is 26.2 Å². The first-order chi connectivity index (χ1) is 12.6. The average Bonchev–Trinajstić information content (AvgIpc) is 2.95. The smallest absolute Gasteiger partial charge is 0.224 e. The molecule has 2 aromatic rings. The second-order valence-electron chi connectivity index (χ2n) is 7.18. The fourth-order valence-corrected chi connectivity index (χ4v) is 3.69. The number of para-hydroxylation sites is 1. The number of piperidine rings is 1. The van der Waals surface area contributed by atoms with E-state index < -0.39 is 0 Å². The van der Waals surface area contributed by atoms with Gasteiger partial charge in [0.2, 0.25) is 5.91 Å². The lowest BCUT2D eigenvalue weighted by Crippen LogP contribution is -2.33. The Balaban J connectivity index is 1.50. The highest BCUT2D eigenvalue weighted by molar-refractivity contribution is 5.79. The molecule has 0 spiro atoms. The Morgan fingerprint density at radius 1 is 1.12 bits per heavy atom. The summed E-state index contributed by atoms with van der Waals surface area (Å²) in [5.41, 5.74) is 4.02. The standard InChI is InChI=1S/C21H30N4O/c1-17-20(18(2)25(23-17)19-10-5-3-6-11-19)16-21(26)22-12-9-15-24-13-7-4-8-14-24/h3,5-6,10-11H,4,7-9,12-16H2,1-2H3,(H,22,26). The maximum absolute atomic E-state index is 12.4. The van der Waals surface area contributed by atoms with Gasteiger partial charge >= 0.3 is 0 Å². The molecular weight excluding hydrogens is 324 g/mol. The molecule has 3 rings (SSSR count). The Hall–Kier alpha value is -2.14. The molecule has 0 unspecified atom stereocenters. The number of aryl methyl sites for hydroxylation is 1. The van der Waals surface area contributed by atoms with Crippen LogP contribution in [0.15, 0.2) is 30.3 Å². The van der Waals surface area contributed by atoms with Gasteiger partial charge in [0.1, 0.15) is 0 Å².